The van der Waals surface area contributed by atoms with Gasteiger partial charge in [0.1, 0.15) is 5.82 Å². The summed E-state index contributed by atoms with van der Waals surface area (Å²) in [5.41, 5.74) is 2.31. The van der Waals surface area contributed by atoms with Crippen LogP contribution in [0.4, 0.5) is 5.82 Å². The summed E-state index contributed by atoms with van der Waals surface area (Å²) in [7, 11) is 1.45. The predicted octanol–water partition coefficient (Wildman–Crippen LogP) is 2.12. The fourth-order valence-corrected chi connectivity index (χ4v) is 1.61. The molecule has 2 N–H and O–H groups in total. The quantitative estimate of drug-likeness (QED) is 0.521. The molecule has 5 heteroatoms. The largest absolute Gasteiger partial charge is 0.370 e. The van der Waals surface area contributed by atoms with Crippen molar-refractivity contribution in [2.45, 2.75) is 32.1 Å². The minimum absolute atomic E-state index is 0.0517. The molecule has 0 fully saturated rings. The fraction of sp³-hybridized carbons (Fsp3) is 0.538. The molecule has 1 aromatic rings. The third-order valence-corrected chi connectivity index (χ3v) is 2.52. The van der Waals surface area contributed by atoms with Gasteiger partial charge in [-0.25, -0.2) is 10.5 Å². The van der Waals surface area contributed by atoms with Gasteiger partial charge in [0.15, 0.2) is 0 Å². The number of pyridine rings is 1. The van der Waals surface area contributed by atoms with E-state index in [1.165, 1.54) is 7.11 Å². The van der Waals surface area contributed by atoms with Crippen molar-refractivity contribution >= 4 is 11.7 Å². The second-order valence-corrected chi connectivity index (χ2v) is 4.04. The van der Waals surface area contributed by atoms with Gasteiger partial charge < -0.3 is 5.32 Å². The van der Waals surface area contributed by atoms with Crippen molar-refractivity contribution in [2.75, 3.05) is 19.0 Å². The molecule has 0 bridgehead atoms. The Morgan fingerprint density at radius 3 is 2.83 bits per heavy atom. The lowest BCUT2D eigenvalue weighted by Gasteiger charge is -2.05. The molecule has 0 unspecified atom stereocenters. The van der Waals surface area contributed by atoms with Crippen molar-refractivity contribution in [2.24, 2.45) is 0 Å². The van der Waals surface area contributed by atoms with Crippen LogP contribution >= 0.6 is 0 Å². The van der Waals surface area contributed by atoms with E-state index in [9.17, 15) is 4.79 Å². The van der Waals surface area contributed by atoms with Crippen molar-refractivity contribution in [3.63, 3.8) is 0 Å². The van der Waals surface area contributed by atoms with E-state index < -0.39 is 0 Å². The number of unbranched alkanes of at least 4 members (excludes halogenated alkanes) is 3. The van der Waals surface area contributed by atoms with Crippen LogP contribution in [0.15, 0.2) is 24.4 Å². The fourth-order valence-electron chi connectivity index (χ4n) is 1.61. The van der Waals surface area contributed by atoms with Crippen LogP contribution in [0.5, 0.6) is 0 Å². The minimum atomic E-state index is -0.0517. The predicted molar refractivity (Wildman–Crippen MR) is 71.0 cm³/mol. The van der Waals surface area contributed by atoms with Gasteiger partial charge in [-0.1, -0.05) is 18.9 Å². The Morgan fingerprint density at radius 2 is 2.11 bits per heavy atom. The summed E-state index contributed by atoms with van der Waals surface area (Å²) in [6.07, 6.45) is 6.46. The Bertz CT molecular complexity index is 330. The molecule has 1 amide bonds. The van der Waals surface area contributed by atoms with Gasteiger partial charge in [-0.2, -0.15) is 0 Å². The smallest absolute Gasteiger partial charge is 0.243 e. The number of anilines is 1. The number of nitrogens with zero attached hydrogens (tertiary/aromatic N) is 1. The van der Waals surface area contributed by atoms with Gasteiger partial charge in [-0.15, -0.1) is 0 Å². The molecule has 1 aromatic heterocycles. The maximum atomic E-state index is 11.1. The van der Waals surface area contributed by atoms with Crippen LogP contribution in [0, 0.1) is 0 Å². The van der Waals surface area contributed by atoms with Crippen molar-refractivity contribution < 1.29 is 9.63 Å². The van der Waals surface area contributed by atoms with E-state index in [1.807, 2.05) is 18.2 Å². The van der Waals surface area contributed by atoms with E-state index in [4.69, 9.17) is 0 Å². The second kappa shape index (κ2) is 9.41. The van der Waals surface area contributed by atoms with Crippen molar-refractivity contribution in [1.82, 2.24) is 10.5 Å². The molecule has 0 spiro atoms. The maximum Gasteiger partial charge on any atom is 0.243 e. The number of hydroxylamine groups is 1. The van der Waals surface area contributed by atoms with E-state index in [0.717, 1.165) is 38.0 Å². The van der Waals surface area contributed by atoms with Gasteiger partial charge in [0.05, 0.1) is 7.11 Å². The standard InChI is InChI=1S/C13H21N3O2/c1-18-16-13(17)9-4-2-3-6-10-14-12-8-5-7-11-15-12/h5,7-8,11H,2-4,6,9-10H2,1H3,(H,14,15)(H,16,17). The molecule has 5 nitrogen and oxygen atoms in total. The number of amides is 1. The molecule has 0 atom stereocenters. The normalized spacial score (nSPS) is 10.1. The van der Waals surface area contributed by atoms with E-state index in [2.05, 4.69) is 20.6 Å². The first kappa shape index (κ1) is 14.4. The zero-order valence-electron chi connectivity index (χ0n) is 10.8. The molecule has 0 aliphatic rings. The molecule has 0 saturated heterocycles. The molecule has 1 rings (SSSR count). The first-order chi connectivity index (χ1) is 8.83. The van der Waals surface area contributed by atoms with Gasteiger partial charge in [-0.3, -0.25) is 9.63 Å². The third-order valence-electron chi connectivity index (χ3n) is 2.52. The zero-order valence-corrected chi connectivity index (χ0v) is 10.8. The summed E-state index contributed by atoms with van der Waals surface area (Å²) < 4.78 is 0. The zero-order chi connectivity index (χ0) is 13.1. The van der Waals surface area contributed by atoms with Crippen LogP contribution in [0.2, 0.25) is 0 Å². The Labute approximate surface area is 108 Å². The summed E-state index contributed by atoms with van der Waals surface area (Å²) in [6.45, 7) is 0.918. The van der Waals surface area contributed by atoms with Crippen molar-refractivity contribution in [3.8, 4) is 0 Å². The van der Waals surface area contributed by atoms with E-state index >= 15 is 0 Å². The molecular formula is C13H21N3O2. The highest BCUT2D eigenvalue weighted by molar-refractivity contribution is 5.74. The Hall–Kier alpha value is -1.62. The number of carbonyl (C=O) groups is 1. The number of nitrogens with one attached hydrogen (secondary N) is 2. The summed E-state index contributed by atoms with van der Waals surface area (Å²) >= 11 is 0. The first-order valence-electron chi connectivity index (χ1n) is 6.29. The highest BCUT2D eigenvalue weighted by Gasteiger charge is 1.99. The molecule has 0 aliphatic heterocycles. The number of hydrogen-bond donors (Lipinski definition) is 2. The van der Waals surface area contributed by atoms with Gasteiger partial charge in [0.2, 0.25) is 5.91 Å². The van der Waals surface area contributed by atoms with E-state index in [0.29, 0.717) is 6.42 Å². The van der Waals surface area contributed by atoms with Crippen LogP contribution in [-0.4, -0.2) is 24.5 Å². The topological polar surface area (TPSA) is 63.2 Å². The van der Waals surface area contributed by atoms with Crippen molar-refractivity contribution in [1.29, 1.82) is 0 Å². The summed E-state index contributed by atoms with van der Waals surface area (Å²) in [4.78, 5) is 19.8. The molecule has 0 aromatic carbocycles. The summed E-state index contributed by atoms with van der Waals surface area (Å²) in [5.74, 6) is 0.862. The highest BCUT2D eigenvalue weighted by atomic mass is 16.6. The van der Waals surface area contributed by atoms with Gasteiger partial charge in [0.25, 0.3) is 0 Å². The summed E-state index contributed by atoms with van der Waals surface area (Å²) in [5, 5.41) is 3.25. The number of rotatable bonds is 9. The van der Waals surface area contributed by atoms with Crippen LogP contribution in [0.1, 0.15) is 32.1 Å². The Morgan fingerprint density at radius 1 is 1.28 bits per heavy atom. The summed E-state index contributed by atoms with van der Waals surface area (Å²) in [6, 6.07) is 5.81. The highest BCUT2D eigenvalue weighted by Crippen LogP contribution is 2.05. The molecule has 100 valence electrons. The number of aromatic nitrogens is 1. The SMILES string of the molecule is CONC(=O)CCCCCCNc1ccccn1. The van der Waals surface area contributed by atoms with Crippen molar-refractivity contribution in [3.05, 3.63) is 24.4 Å². The Kier molecular flexibility index (Phi) is 7.55. The molecule has 0 aliphatic carbocycles. The van der Waals surface area contributed by atoms with Gasteiger partial charge in [0, 0.05) is 19.2 Å². The van der Waals surface area contributed by atoms with E-state index in [-0.39, 0.29) is 5.91 Å². The lowest BCUT2D eigenvalue weighted by Crippen LogP contribution is -2.21. The molecule has 0 saturated carbocycles. The van der Waals surface area contributed by atoms with Crippen LogP contribution in [0.25, 0.3) is 0 Å². The van der Waals surface area contributed by atoms with Gasteiger partial charge >= 0.3 is 0 Å². The second-order valence-electron chi connectivity index (χ2n) is 4.04. The Balaban J connectivity index is 1.92. The van der Waals surface area contributed by atoms with Gasteiger partial charge in [-0.05, 0) is 25.0 Å². The lowest BCUT2D eigenvalue weighted by molar-refractivity contribution is -0.131. The maximum absolute atomic E-state index is 11.1. The average molecular weight is 251 g/mol. The molecular weight excluding hydrogens is 230 g/mol. The lowest BCUT2D eigenvalue weighted by atomic mass is 10.1. The average Bonchev–Trinajstić information content (AvgIpc) is 2.39. The molecule has 0 radical (unpaired) electrons. The van der Waals surface area contributed by atoms with Crippen LogP contribution < -0.4 is 10.8 Å². The molecule has 18 heavy (non-hydrogen) atoms. The number of carbonyl (C=O) groups excluding carboxylic acids is 1. The molecule has 1 heterocycles. The van der Waals surface area contributed by atoms with E-state index in [1.54, 1.807) is 6.20 Å². The first-order valence-corrected chi connectivity index (χ1v) is 6.29. The minimum Gasteiger partial charge on any atom is -0.370 e. The monoisotopic (exact) mass is 251 g/mol. The van der Waals surface area contributed by atoms with Crippen LogP contribution in [0.3, 0.4) is 0 Å². The number of hydrogen-bond acceptors (Lipinski definition) is 4. The van der Waals surface area contributed by atoms with Crippen LogP contribution in [-0.2, 0) is 9.63 Å². The third kappa shape index (κ3) is 6.85.